The smallest absolute Gasteiger partial charge is 0.191 e. The number of likely N-dealkylation sites (N-methyl/N-ethyl adjacent to an activating group) is 1. The van der Waals surface area contributed by atoms with Crippen LogP contribution in [-0.2, 0) is 6.54 Å². The minimum Gasteiger partial charge on any atom is -0.355 e. The van der Waals surface area contributed by atoms with Crippen molar-refractivity contribution in [3.63, 3.8) is 0 Å². The first-order valence-corrected chi connectivity index (χ1v) is 9.26. The van der Waals surface area contributed by atoms with Gasteiger partial charge in [0.15, 0.2) is 5.96 Å². The highest BCUT2D eigenvalue weighted by Gasteiger charge is 2.17. The van der Waals surface area contributed by atoms with E-state index in [9.17, 15) is 0 Å². The molecule has 0 saturated heterocycles. The van der Waals surface area contributed by atoms with Crippen molar-refractivity contribution in [1.82, 2.24) is 15.5 Å². The number of halogens is 1. The summed E-state index contributed by atoms with van der Waals surface area (Å²) in [6.45, 7) is 5.02. The summed E-state index contributed by atoms with van der Waals surface area (Å²) in [5, 5.41) is 8.96. The summed E-state index contributed by atoms with van der Waals surface area (Å²) in [4.78, 5) is 8.19. The van der Waals surface area contributed by atoms with E-state index in [-0.39, 0.29) is 24.0 Å². The van der Waals surface area contributed by atoms with E-state index >= 15 is 0 Å². The summed E-state index contributed by atoms with van der Waals surface area (Å²) in [5.74, 6) is 0.893. The van der Waals surface area contributed by atoms with E-state index in [2.05, 4.69) is 45.9 Å². The summed E-state index contributed by atoms with van der Waals surface area (Å²) in [7, 11) is 4.09. The van der Waals surface area contributed by atoms with Crippen LogP contribution in [0.5, 0.6) is 0 Å². The average Bonchev–Trinajstić information content (AvgIpc) is 2.96. The van der Waals surface area contributed by atoms with Crippen molar-refractivity contribution in [2.75, 3.05) is 27.2 Å². The molecule has 0 bridgehead atoms. The van der Waals surface area contributed by atoms with Crippen molar-refractivity contribution in [3.05, 3.63) is 21.9 Å². The number of aliphatic imine (C=N–C) groups is 1. The molecule has 0 radical (unpaired) electrons. The molecule has 6 heteroatoms. The zero-order valence-corrected chi connectivity index (χ0v) is 17.7. The third-order valence-electron chi connectivity index (χ3n) is 4.56. The van der Waals surface area contributed by atoms with Crippen LogP contribution in [0.4, 0.5) is 0 Å². The number of thiophene rings is 1. The Morgan fingerprint density at radius 3 is 2.65 bits per heavy atom. The fraction of sp³-hybridized carbons (Fsp3) is 0.706. The maximum Gasteiger partial charge on any atom is 0.191 e. The molecule has 132 valence electrons. The van der Waals surface area contributed by atoms with Gasteiger partial charge < -0.3 is 15.5 Å². The SMILES string of the molecule is CN=C(NCCN(C)C1CCCCC1)NCc1sccc1C.I. The van der Waals surface area contributed by atoms with Crippen LogP contribution in [0, 0.1) is 6.92 Å². The Morgan fingerprint density at radius 2 is 2.04 bits per heavy atom. The second-order valence-electron chi connectivity index (χ2n) is 6.15. The molecule has 1 aliphatic rings. The van der Waals surface area contributed by atoms with E-state index in [0.29, 0.717) is 0 Å². The van der Waals surface area contributed by atoms with Gasteiger partial charge in [0, 0.05) is 31.1 Å². The van der Waals surface area contributed by atoms with Crippen LogP contribution in [0.3, 0.4) is 0 Å². The molecular formula is C17H31IN4S. The van der Waals surface area contributed by atoms with Crippen LogP contribution in [0.15, 0.2) is 16.4 Å². The Labute approximate surface area is 162 Å². The molecule has 0 amide bonds. The van der Waals surface area contributed by atoms with Crippen LogP contribution in [0.1, 0.15) is 42.5 Å². The molecule has 0 aliphatic heterocycles. The van der Waals surface area contributed by atoms with Crippen LogP contribution < -0.4 is 10.6 Å². The molecule has 2 N–H and O–H groups in total. The van der Waals surface area contributed by atoms with Crippen LogP contribution >= 0.6 is 35.3 Å². The first kappa shape index (κ1) is 20.7. The van der Waals surface area contributed by atoms with E-state index in [1.54, 1.807) is 11.3 Å². The van der Waals surface area contributed by atoms with E-state index in [0.717, 1.165) is 31.6 Å². The number of hydrogen-bond acceptors (Lipinski definition) is 3. The molecule has 2 rings (SSSR count). The van der Waals surface area contributed by atoms with Gasteiger partial charge in [-0.25, -0.2) is 0 Å². The van der Waals surface area contributed by atoms with Gasteiger partial charge in [0.25, 0.3) is 0 Å². The van der Waals surface area contributed by atoms with E-state index in [1.807, 2.05) is 7.05 Å². The fourth-order valence-electron chi connectivity index (χ4n) is 3.02. The van der Waals surface area contributed by atoms with Gasteiger partial charge in [-0.3, -0.25) is 4.99 Å². The lowest BCUT2D eigenvalue weighted by molar-refractivity contribution is 0.194. The van der Waals surface area contributed by atoms with Crippen molar-refractivity contribution in [3.8, 4) is 0 Å². The summed E-state index contributed by atoms with van der Waals surface area (Å²) in [5.41, 5.74) is 1.35. The van der Waals surface area contributed by atoms with Gasteiger partial charge in [-0.05, 0) is 43.8 Å². The van der Waals surface area contributed by atoms with Crippen LogP contribution in [0.2, 0.25) is 0 Å². The number of hydrogen-bond donors (Lipinski definition) is 2. The Kier molecular flexibility index (Phi) is 10.1. The molecule has 1 aromatic rings. The van der Waals surface area contributed by atoms with E-state index in [4.69, 9.17) is 0 Å². The second kappa shape index (κ2) is 11.3. The normalized spacial score (nSPS) is 16.3. The van der Waals surface area contributed by atoms with Crippen molar-refractivity contribution >= 4 is 41.3 Å². The molecule has 23 heavy (non-hydrogen) atoms. The Bertz CT molecular complexity index is 469. The topological polar surface area (TPSA) is 39.7 Å². The van der Waals surface area contributed by atoms with Crippen LogP contribution in [-0.4, -0.2) is 44.1 Å². The minimum atomic E-state index is 0. The molecular weight excluding hydrogens is 419 g/mol. The summed E-state index contributed by atoms with van der Waals surface area (Å²) in [6.07, 6.45) is 6.93. The summed E-state index contributed by atoms with van der Waals surface area (Å²) >= 11 is 1.80. The van der Waals surface area contributed by atoms with Gasteiger partial charge in [-0.2, -0.15) is 0 Å². The van der Waals surface area contributed by atoms with Crippen molar-refractivity contribution in [2.45, 2.75) is 51.6 Å². The van der Waals surface area contributed by atoms with Gasteiger partial charge in [0.05, 0.1) is 6.54 Å². The second-order valence-corrected chi connectivity index (χ2v) is 7.15. The van der Waals surface area contributed by atoms with Gasteiger partial charge >= 0.3 is 0 Å². The summed E-state index contributed by atoms with van der Waals surface area (Å²) in [6, 6.07) is 2.94. The third-order valence-corrected chi connectivity index (χ3v) is 5.59. The van der Waals surface area contributed by atoms with Crippen molar-refractivity contribution in [1.29, 1.82) is 0 Å². The molecule has 1 aliphatic carbocycles. The maximum absolute atomic E-state index is 4.31. The lowest BCUT2D eigenvalue weighted by Gasteiger charge is -2.31. The van der Waals surface area contributed by atoms with E-state index in [1.165, 1.54) is 42.5 Å². The predicted octanol–water partition coefficient (Wildman–Crippen LogP) is 3.60. The van der Waals surface area contributed by atoms with Gasteiger partial charge in [0.2, 0.25) is 0 Å². The molecule has 1 heterocycles. The number of aryl methyl sites for hydroxylation is 1. The Hall–Kier alpha value is -0.340. The molecule has 1 aromatic heterocycles. The minimum absolute atomic E-state index is 0. The Morgan fingerprint density at radius 1 is 1.30 bits per heavy atom. The van der Waals surface area contributed by atoms with Crippen LogP contribution in [0.25, 0.3) is 0 Å². The molecule has 4 nitrogen and oxygen atoms in total. The summed E-state index contributed by atoms with van der Waals surface area (Å²) < 4.78 is 0. The zero-order valence-electron chi connectivity index (χ0n) is 14.6. The van der Waals surface area contributed by atoms with Crippen molar-refractivity contribution in [2.24, 2.45) is 4.99 Å². The molecule has 1 saturated carbocycles. The third kappa shape index (κ3) is 6.97. The molecule has 0 aromatic carbocycles. The fourth-order valence-corrected chi connectivity index (χ4v) is 3.87. The molecule has 0 spiro atoms. The van der Waals surface area contributed by atoms with Gasteiger partial charge in [-0.1, -0.05) is 19.3 Å². The number of nitrogens with zero attached hydrogens (tertiary/aromatic N) is 2. The number of guanidine groups is 1. The molecule has 0 atom stereocenters. The molecule has 0 unspecified atom stereocenters. The van der Waals surface area contributed by atoms with E-state index < -0.39 is 0 Å². The standard InChI is InChI=1S/C17H30N4S.HI/c1-14-9-12-22-16(14)13-20-17(18-2)19-10-11-21(3)15-7-5-4-6-8-15;/h9,12,15H,4-8,10-11,13H2,1-3H3,(H2,18,19,20);1H. The Balaban J connectivity index is 0.00000264. The highest BCUT2D eigenvalue weighted by molar-refractivity contribution is 14.0. The zero-order chi connectivity index (χ0) is 15.8. The molecule has 1 fully saturated rings. The predicted molar refractivity (Wildman–Crippen MR) is 112 cm³/mol. The number of rotatable bonds is 6. The highest BCUT2D eigenvalue weighted by atomic mass is 127. The first-order valence-electron chi connectivity index (χ1n) is 8.38. The lowest BCUT2D eigenvalue weighted by atomic mass is 9.94. The first-order chi connectivity index (χ1) is 10.7. The monoisotopic (exact) mass is 450 g/mol. The largest absolute Gasteiger partial charge is 0.355 e. The highest BCUT2D eigenvalue weighted by Crippen LogP contribution is 2.21. The number of nitrogens with one attached hydrogen (secondary N) is 2. The average molecular weight is 450 g/mol. The maximum atomic E-state index is 4.31. The van der Waals surface area contributed by atoms with Gasteiger partial charge in [-0.15, -0.1) is 35.3 Å². The quantitative estimate of drug-likeness (QED) is 0.395. The van der Waals surface area contributed by atoms with Crippen molar-refractivity contribution < 1.29 is 0 Å². The lowest BCUT2D eigenvalue weighted by Crippen LogP contribution is -2.43. The van der Waals surface area contributed by atoms with Gasteiger partial charge in [0.1, 0.15) is 0 Å².